The zero-order chi connectivity index (χ0) is 24.9. The van der Waals surface area contributed by atoms with Crippen LogP contribution in [0.3, 0.4) is 0 Å². The van der Waals surface area contributed by atoms with Crippen molar-refractivity contribution < 1.29 is 0 Å². The van der Waals surface area contributed by atoms with Gasteiger partial charge < -0.3 is 4.57 Å². The molecule has 0 saturated carbocycles. The van der Waals surface area contributed by atoms with Gasteiger partial charge in [0.05, 0.1) is 18.4 Å². The molecule has 0 aliphatic carbocycles. The number of benzene rings is 1. The van der Waals surface area contributed by atoms with Gasteiger partial charge in [-0.25, -0.2) is 19.4 Å². The third kappa shape index (κ3) is 3.78. The van der Waals surface area contributed by atoms with E-state index in [9.17, 15) is 14.4 Å². The molecule has 0 atom stereocenters. The first-order valence-corrected chi connectivity index (χ1v) is 11.5. The lowest BCUT2D eigenvalue weighted by atomic mass is 10.1. The molecule has 4 heterocycles. The van der Waals surface area contributed by atoms with E-state index in [0.29, 0.717) is 34.6 Å². The van der Waals surface area contributed by atoms with Crippen LogP contribution in [-0.4, -0.2) is 38.4 Å². The number of hydrogen-bond acceptors (Lipinski definition) is 6. The van der Waals surface area contributed by atoms with E-state index >= 15 is 0 Å². The molecule has 0 amide bonds. The van der Waals surface area contributed by atoms with Crippen molar-refractivity contribution in [2.75, 3.05) is 0 Å². The predicted octanol–water partition coefficient (Wildman–Crippen LogP) is 1.78. The van der Waals surface area contributed by atoms with Crippen LogP contribution in [0.2, 0.25) is 0 Å². The van der Waals surface area contributed by atoms with Gasteiger partial charge in [0, 0.05) is 13.6 Å². The number of unbranched alkanes of at least 4 members (excludes halogenated alkanes) is 1. The summed E-state index contributed by atoms with van der Waals surface area (Å²) in [5.74, 6) is 0.464. The highest BCUT2D eigenvalue weighted by atomic mass is 16.2. The lowest BCUT2D eigenvalue weighted by Gasteiger charge is -2.08. The first kappa shape index (κ1) is 22.5. The summed E-state index contributed by atoms with van der Waals surface area (Å²) in [7, 11) is 1.70. The summed E-state index contributed by atoms with van der Waals surface area (Å²) in [6.45, 7) is 6.57. The Morgan fingerprint density at radius 2 is 1.77 bits per heavy atom. The summed E-state index contributed by atoms with van der Waals surface area (Å²) in [5, 5.41) is 4.78. The van der Waals surface area contributed by atoms with E-state index in [4.69, 9.17) is 0 Å². The lowest BCUT2D eigenvalue weighted by molar-refractivity contribution is 0.612. The first-order chi connectivity index (χ1) is 16.8. The summed E-state index contributed by atoms with van der Waals surface area (Å²) in [6.07, 6.45) is 4.64. The minimum atomic E-state index is -0.505. The highest BCUT2D eigenvalue weighted by molar-refractivity contribution is 5.75. The largest absolute Gasteiger partial charge is 0.330 e. The number of nitrogens with one attached hydrogen (secondary N) is 1. The minimum Gasteiger partial charge on any atom is -0.324 e. The third-order valence-corrected chi connectivity index (χ3v) is 6.16. The molecular formula is C24H26N8O3. The molecule has 0 saturated heterocycles. The fourth-order valence-corrected chi connectivity index (χ4v) is 4.43. The normalized spacial score (nSPS) is 11.7. The number of hydrogen-bond donors (Lipinski definition) is 1. The number of rotatable bonds is 6. The van der Waals surface area contributed by atoms with Crippen molar-refractivity contribution in [2.24, 2.45) is 7.05 Å². The monoisotopic (exact) mass is 474 g/mol. The Balaban J connectivity index is 1.59. The molecule has 0 radical (unpaired) electrons. The van der Waals surface area contributed by atoms with Gasteiger partial charge in [0.25, 0.3) is 11.1 Å². The quantitative estimate of drug-likeness (QED) is 0.400. The van der Waals surface area contributed by atoms with Crippen molar-refractivity contribution in [3.8, 4) is 5.69 Å². The van der Waals surface area contributed by atoms with Crippen molar-refractivity contribution >= 4 is 22.2 Å². The van der Waals surface area contributed by atoms with Crippen molar-refractivity contribution in [3.05, 3.63) is 78.9 Å². The van der Waals surface area contributed by atoms with Gasteiger partial charge in [0.2, 0.25) is 0 Å². The van der Waals surface area contributed by atoms with Crippen LogP contribution in [0.5, 0.6) is 0 Å². The second-order valence-electron chi connectivity index (χ2n) is 8.84. The van der Waals surface area contributed by atoms with Gasteiger partial charge in [-0.1, -0.05) is 19.4 Å². The summed E-state index contributed by atoms with van der Waals surface area (Å²) in [6, 6.07) is 6.04. The van der Waals surface area contributed by atoms with E-state index in [1.54, 1.807) is 16.3 Å². The molecule has 0 fully saturated rings. The SMILES string of the molecule is CCCCn1c(=O)[nH]c(=O)c2c1nc(Cn1cnc3c(cnn3-c3cc(C)cc(C)c3)c1=O)n2C. The average Bonchev–Trinajstić information content (AvgIpc) is 3.37. The van der Waals surface area contributed by atoms with Gasteiger partial charge in [0.1, 0.15) is 17.5 Å². The Hall–Kier alpha value is -4.28. The van der Waals surface area contributed by atoms with Crippen molar-refractivity contribution in [1.29, 1.82) is 0 Å². The zero-order valence-corrected chi connectivity index (χ0v) is 20.1. The molecule has 0 unspecified atom stereocenters. The summed E-state index contributed by atoms with van der Waals surface area (Å²) >= 11 is 0. The molecule has 11 nitrogen and oxygen atoms in total. The molecule has 35 heavy (non-hydrogen) atoms. The molecule has 1 aromatic carbocycles. The molecule has 0 bridgehead atoms. The zero-order valence-electron chi connectivity index (χ0n) is 20.1. The van der Waals surface area contributed by atoms with Crippen LogP contribution in [0.25, 0.3) is 27.9 Å². The van der Waals surface area contributed by atoms with Crippen LogP contribution in [0.15, 0.2) is 45.1 Å². The average molecular weight is 475 g/mol. The Kier molecular flexibility index (Phi) is 5.46. The summed E-state index contributed by atoms with van der Waals surface area (Å²) < 4.78 is 6.18. The Morgan fingerprint density at radius 3 is 2.49 bits per heavy atom. The Bertz CT molecular complexity index is 1750. The fraction of sp³-hybridized carbons (Fsp3) is 0.333. The highest BCUT2D eigenvalue weighted by Crippen LogP contribution is 2.17. The number of aromatic amines is 1. The van der Waals surface area contributed by atoms with Crippen molar-refractivity contribution in [3.63, 3.8) is 0 Å². The van der Waals surface area contributed by atoms with Gasteiger partial charge in [-0.05, 0) is 43.5 Å². The molecule has 180 valence electrons. The fourth-order valence-electron chi connectivity index (χ4n) is 4.43. The van der Waals surface area contributed by atoms with E-state index in [0.717, 1.165) is 29.7 Å². The maximum Gasteiger partial charge on any atom is 0.330 e. The van der Waals surface area contributed by atoms with E-state index in [1.807, 2.05) is 32.9 Å². The predicted molar refractivity (Wildman–Crippen MR) is 132 cm³/mol. The van der Waals surface area contributed by atoms with E-state index in [-0.39, 0.29) is 12.1 Å². The molecule has 5 rings (SSSR count). The Labute approximate surface area is 199 Å². The van der Waals surface area contributed by atoms with Crippen LogP contribution in [0.1, 0.15) is 36.7 Å². The first-order valence-electron chi connectivity index (χ1n) is 11.5. The topological polar surface area (TPSA) is 125 Å². The molecule has 0 spiro atoms. The van der Waals surface area contributed by atoms with Gasteiger partial charge >= 0.3 is 5.69 Å². The van der Waals surface area contributed by atoms with Crippen LogP contribution < -0.4 is 16.8 Å². The standard InChI is InChI=1S/C24H26N8O3/c1-5-6-7-31-21-19(22(33)28-24(31)35)29(4)18(27-21)12-30-13-25-20-17(23(30)34)11-26-32(20)16-9-14(2)8-15(3)10-16/h8-11,13H,5-7,12H2,1-4H3,(H,28,33,35). The maximum atomic E-state index is 13.3. The highest BCUT2D eigenvalue weighted by Gasteiger charge is 2.18. The van der Waals surface area contributed by atoms with E-state index in [2.05, 4.69) is 26.1 Å². The molecule has 4 aromatic heterocycles. The third-order valence-electron chi connectivity index (χ3n) is 6.16. The summed E-state index contributed by atoms with van der Waals surface area (Å²) in [5.41, 5.74) is 2.82. The van der Waals surface area contributed by atoms with E-state index in [1.165, 1.54) is 21.7 Å². The number of aryl methyl sites for hydroxylation is 4. The van der Waals surface area contributed by atoms with Crippen molar-refractivity contribution in [2.45, 2.75) is 46.7 Å². The number of fused-ring (bicyclic) bond motifs is 2. The van der Waals surface area contributed by atoms with Gasteiger partial charge in [-0.3, -0.25) is 23.7 Å². The van der Waals surface area contributed by atoms with Crippen LogP contribution in [0.4, 0.5) is 0 Å². The maximum absolute atomic E-state index is 13.3. The number of H-pyrrole nitrogens is 1. The van der Waals surface area contributed by atoms with Crippen molar-refractivity contribution in [1.82, 2.24) is 38.4 Å². The number of aromatic nitrogens is 8. The number of nitrogens with zero attached hydrogens (tertiary/aromatic N) is 7. The van der Waals surface area contributed by atoms with Crippen LogP contribution in [0, 0.1) is 13.8 Å². The second-order valence-corrected chi connectivity index (χ2v) is 8.84. The second kappa shape index (κ2) is 8.49. The van der Waals surface area contributed by atoms with E-state index < -0.39 is 11.2 Å². The smallest absolute Gasteiger partial charge is 0.324 e. The molecule has 5 aromatic rings. The minimum absolute atomic E-state index is 0.0864. The van der Waals surface area contributed by atoms with Crippen LogP contribution in [-0.2, 0) is 20.1 Å². The van der Waals surface area contributed by atoms with Gasteiger partial charge in [-0.2, -0.15) is 5.10 Å². The molecule has 1 N–H and O–H groups in total. The lowest BCUT2D eigenvalue weighted by Crippen LogP contribution is -2.31. The molecule has 0 aliphatic heterocycles. The molecule has 0 aliphatic rings. The molecule has 11 heteroatoms. The van der Waals surface area contributed by atoms with Gasteiger partial charge in [0.15, 0.2) is 16.8 Å². The summed E-state index contributed by atoms with van der Waals surface area (Å²) in [4.78, 5) is 49.6. The number of imidazole rings is 1. The van der Waals surface area contributed by atoms with Crippen LogP contribution >= 0.6 is 0 Å². The molecular weight excluding hydrogens is 448 g/mol. The van der Waals surface area contributed by atoms with Gasteiger partial charge in [-0.15, -0.1) is 0 Å². The Morgan fingerprint density at radius 1 is 1.03 bits per heavy atom.